The van der Waals surface area contributed by atoms with Gasteiger partial charge in [-0.15, -0.1) is 0 Å². The van der Waals surface area contributed by atoms with Crippen LogP contribution in [0.5, 0.6) is 0 Å². The van der Waals surface area contributed by atoms with Crippen LogP contribution in [0.15, 0.2) is 70.2 Å². The van der Waals surface area contributed by atoms with Crippen molar-refractivity contribution in [2.24, 2.45) is 0 Å². The van der Waals surface area contributed by atoms with Gasteiger partial charge in [-0.3, -0.25) is 14.2 Å². The van der Waals surface area contributed by atoms with Gasteiger partial charge in [-0.05, 0) is 42.0 Å². The summed E-state index contributed by atoms with van der Waals surface area (Å²) in [6, 6.07) is 15.3. The molecule has 27 heavy (non-hydrogen) atoms. The Bertz CT molecular complexity index is 1040. The summed E-state index contributed by atoms with van der Waals surface area (Å²) in [7, 11) is -3.77. The van der Waals surface area contributed by atoms with Crippen molar-refractivity contribution < 1.29 is 13.2 Å². The van der Waals surface area contributed by atoms with Gasteiger partial charge in [-0.25, -0.2) is 8.42 Å². The molecule has 0 unspecified atom stereocenters. The van der Waals surface area contributed by atoms with Crippen LogP contribution in [-0.2, 0) is 21.4 Å². The quantitative estimate of drug-likeness (QED) is 0.603. The molecule has 1 amide bonds. The lowest BCUT2D eigenvalue weighted by Gasteiger charge is -2.07. The molecular formula is C18H17BrN4O3S. The lowest BCUT2D eigenvalue weighted by atomic mass is 10.2. The smallest absolute Gasteiger partial charge is 0.263 e. The monoisotopic (exact) mass is 448 g/mol. The molecule has 0 fully saturated rings. The molecule has 3 aromatic rings. The number of benzene rings is 2. The van der Waals surface area contributed by atoms with E-state index in [0.29, 0.717) is 12.2 Å². The zero-order chi connectivity index (χ0) is 19.4. The predicted octanol–water partition coefficient (Wildman–Crippen LogP) is 3.45. The molecule has 0 bridgehead atoms. The molecule has 0 aliphatic carbocycles. The molecule has 140 valence electrons. The number of rotatable bonds is 6. The number of halogens is 1. The zero-order valence-corrected chi connectivity index (χ0v) is 16.8. The number of hydrogen-bond donors (Lipinski definition) is 2. The van der Waals surface area contributed by atoms with E-state index in [9.17, 15) is 13.2 Å². The highest BCUT2D eigenvalue weighted by Crippen LogP contribution is 2.18. The maximum absolute atomic E-state index is 12.5. The minimum absolute atomic E-state index is 0.0825. The Morgan fingerprint density at radius 2 is 1.74 bits per heavy atom. The summed E-state index contributed by atoms with van der Waals surface area (Å²) in [5, 5.41) is 6.84. The molecule has 0 aliphatic heterocycles. The first-order valence-electron chi connectivity index (χ1n) is 8.00. The number of hydrogen-bond acceptors (Lipinski definition) is 4. The first-order chi connectivity index (χ1) is 12.8. The van der Waals surface area contributed by atoms with Crippen LogP contribution < -0.4 is 10.0 Å². The van der Waals surface area contributed by atoms with Crippen LogP contribution in [-0.4, -0.2) is 24.1 Å². The fraction of sp³-hybridized carbons (Fsp3) is 0.111. The van der Waals surface area contributed by atoms with Gasteiger partial charge in [0, 0.05) is 29.3 Å². The SMILES string of the molecule is CC(=O)Nc1ccc(S(=O)(=O)Nc2ccn(Cc3ccc(Br)cc3)n2)cc1. The molecule has 0 aliphatic rings. The summed E-state index contributed by atoms with van der Waals surface area (Å²) >= 11 is 3.39. The molecule has 1 aromatic heterocycles. The van der Waals surface area contributed by atoms with Gasteiger partial charge in [0.15, 0.2) is 5.82 Å². The molecular weight excluding hydrogens is 432 g/mol. The second kappa shape index (κ2) is 7.93. The molecule has 7 nitrogen and oxygen atoms in total. The first-order valence-corrected chi connectivity index (χ1v) is 10.3. The number of aromatic nitrogens is 2. The Kier molecular flexibility index (Phi) is 5.62. The lowest BCUT2D eigenvalue weighted by molar-refractivity contribution is -0.114. The van der Waals surface area contributed by atoms with E-state index in [1.165, 1.54) is 31.2 Å². The average molecular weight is 449 g/mol. The number of nitrogens with one attached hydrogen (secondary N) is 2. The van der Waals surface area contributed by atoms with Crippen molar-refractivity contribution in [3.63, 3.8) is 0 Å². The van der Waals surface area contributed by atoms with Crippen LogP contribution in [0.1, 0.15) is 12.5 Å². The molecule has 9 heteroatoms. The maximum atomic E-state index is 12.5. The molecule has 0 radical (unpaired) electrons. The van der Waals surface area contributed by atoms with E-state index >= 15 is 0 Å². The van der Waals surface area contributed by atoms with Crippen LogP contribution in [0.2, 0.25) is 0 Å². The van der Waals surface area contributed by atoms with E-state index in [-0.39, 0.29) is 16.6 Å². The third kappa shape index (κ3) is 5.18. The van der Waals surface area contributed by atoms with Crippen molar-refractivity contribution >= 4 is 43.4 Å². The summed E-state index contributed by atoms with van der Waals surface area (Å²) in [5.41, 5.74) is 1.57. The third-order valence-electron chi connectivity index (χ3n) is 3.62. The molecule has 0 saturated heterocycles. The molecule has 2 aromatic carbocycles. The molecule has 0 saturated carbocycles. The summed E-state index contributed by atoms with van der Waals surface area (Å²) in [4.78, 5) is 11.1. The molecule has 2 N–H and O–H groups in total. The summed E-state index contributed by atoms with van der Waals surface area (Å²) in [6.45, 7) is 1.91. The highest BCUT2D eigenvalue weighted by molar-refractivity contribution is 9.10. The highest BCUT2D eigenvalue weighted by Gasteiger charge is 2.15. The van der Waals surface area contributed by atoms with E-state index in [0.717, 1.165) is 10.0 Å². The molecule has 0 atom stereocenters. The maximum Gasteiger partial charge on any atom is 0.263 e. The van der Waals surface area contributed by atoms with Crippen molar-refractivity contribution in [3.05, 3.63) is 70.8 Å². The Hall–Kier alpha value is -2.65. The van der Waals surface area contributed by atoms with Crippen LogP contribution in [0, 0.1) is 0 Å². The normalized spacial score (nSPS) is 11.2. The largest absolute Gasteiger partial charge is 0.326 e. The van der Waals surface area contributed by atoms with Gasteiger partial charge in [0.1, 0.15) is 0 Å². The van der Waals surface area contributed by atoms with E-state index < -0.39 is 10.0 Å². The first kappa shape index (κ1) is 19.1. The van der Waals surface area contributed by atoms with Crippen molar-refractivity contribution in [3.8, 4) is 0 Å². The average Bonchev–Trinajstić information content (AvgIpc) is 3.03. The number of nitrogens with zero attached hydrogens (tertiary/aromatic N) is 2. The van der Waals surface area contributed by atoms with Gasteiger partial charge >= 0.3 is 0 Å². The van der Waals surface area contributed by atoms with Gasteiger partial charge in [0.2, 0.25) is 5.91 Å². The number of anilines is 2. The van der Waals surface area contributed by atoms with Crippen LogP contribution in [0.4, 0.5) is 11.5 Å². The molecule has 0 spiro atoms. The third-order valence-corrected chi connectivity index (χ3v) is 5.52. The van der Waals surface area contributed by atoms with E-state index in [1.807, 2.05) is 24.3 Å². The fourth-order valence-electron chi connectivity index (χ4n) is 2.40. The highest BCUT2D eigenvalue weighted by atomic mass is 79.9. The van der Waals surface area contributed by atoms with Gasteiger partial charge in [-0.1, -0.05) is 28.1 Å². The van der Waals surface area contributed by atoms with Gasteiger partial charge in [0.05, 0.1) is 11.4 Å². The molecule has 3 rings (SSSR count). The minimum Gasteiger partial charge on any atom is -0.326 e. The van der Waals surface area contributed by atoms with E-state index in [2.05, 4.69) is 31.1 Å². The van der Waals surface area contributed by atoms with Gasteiger partial charge in [-0.2, -0.15) is 5.10 Å². The van der Waals surface area contributed by atoms with E-state index in [1.54, 1.807) is 16.9 Å². The minimum atomic E-state index is -3.77. The van der Waals surface area contributed by atoms with E-state index in [4.69, 9.17) is 0 Å². The Morgan fingerprint density at radius 1 is 1.07 bits per heavy atom. The second-order valence-corrected chi connectivity index (χ2v) is 8.43. The summed E-state index contributed by atoms with van der Waals surface area (Å²) in [5.74, 6) is 0.0121. The summed E-state index contributed by atoms with van der Waals surface area (Å²) in [6.07, 6.45) is 1.71. The van der Waals surface area contributed by atoms with Crippen LogP contribution >= 0.6 is 15.9 Å². The number of carbonyl (C=O) groups excluding carboxylic acids is 1. The summed E-state index contributed by atoms with van der Waals surface area (Å²) < 4.78 is 30.1. The van der Waals surface area contributed by atoms with Gasteiger partial charge in [0.25, 0.3) is 10.0 Å². The van der Waals surface area contributed by atoms with Gasteiger partial charge < -0.3 is 5.32 Å². The predicted molar refractivity (Wildman–Crippen MR) is 107 cm³/mol. The van der Waals surface area contributed by atoms with Crippen molar-refractivity contribution in [1.82, 2.24) is 9.78 Å². The number of carbonyl (C=O) groups is 1. The number of amides is 1. The Labute approximate surface area is 165 Å². The zero-order valence-electron chi connectivity index (χ0n) is 14.4. The molecule has 1 heterocycles. The number of sulfonamides is 1. The second-order valence-electron chi connectivity index (χ2n) is 5.84. The van der Waals surface area contributed by atoms with Crippen LogP contribution in [0.25, 0.3) is 0 Å². The Balaban J connectivity index is 1.69. The van der Waals surface area contributed by atoms with Crippen LogP contribution in [0.3, 0.4) is 0 Å². The van der Waals surface area contributed by atoms with Crippen molar-refractivity contribution in [2.75, 3.05) is 10.0 Å². The standard InChI is InChI=1S/C18H17BrN4O3S/c1-13(24)20-16-6-8-17(9-7-16)27(25,26)22-18-10-11-23(21-18)12-14-2-4-15(19)5-3-14/h2-11H,12H2,1H3,(H,20,24)(H,21,22). The Morgan fingerprint density at radius 3 is 2.37 bits per heavy atom. The van der Waals surface area contributed by atoms with Crippen molar-refractivity contribution in [2.45, 2.75) is 18.4 Å². The topological polar surface area (TPSA) is 93.1 Å². The van der Waals surface area contributed by atoms with Crippen molar-refractivity contribution in [1.29, 1.82) is 0 Å². The fourth-order valence-corrected chi connectivity index (χ4v) is 3.66. The lowest BCUT2D eigenvalue weighted by Crippen LogP contribution is -2.14.